The molecule has 0 bridgehead atoms. The lowest BCUT2D eigenvalue weighted by Crippen LogP contribution is -2.15. The number of rotatable bonds is 2. The molecule has 26 heavy (non-hydrogen) atoms. The molecule has 4 nitrogen and oxygen atoms in total. The zero-order chi connectivity index (χ0) is 19.1. The van der Waals surface area contributed by atoms with Gasteiger partial charge in [-0.1, -0.05) is 29.5 Å². The van der Waals surface area contributed by atoms with Crippen molar-refractivity contribution in [2.75, 3.05) is 7.11 Å². The van der Waals surface area contributed by atoms with Crippen LogP contribution in [-0.2, 0) is 10.9 Å². The number of methoxy groups -OCH3 is 1. The van der Waals surface area contributed by atoms with Crippen LogP contribution in [-0.4, -0.2) is 18.2 Å². The van der Waals surface area contributed by atoms with E-state index < -0.39 is 33.8 Å². The van der Waals surface area contributed by atoms with Crippen LogP contribution in [0.1, 0.15) is 15.9 Å². The molecule has 0 aliphatic rings. The first-order valence-corrected chi connectivity index (χ1v) is 8.10. The van der Waals surface area contributed by atoms with Gasteiger partial charge in [0.2, 0.25) is 5.43 Å². The van der Waals surface area contributed by atoms with Gasteiger partial charge in [-0.3, -0.25) is 4.79 Å². The fourth-order valence-corrected chi connectivity index (χ4v) is 3.44. The minimum Gasteiger partial charge on any atom is -0.499 e. The number of hydrogen-bond donors (Lipinski definition) is 1. The molecule has 0 fully saturated rings. The molecular formula is C18H11F3O4S. The Balaban J connectivity index is 2.10. The Morgan fingerprint density at radius 1 is 1.08 bits per heavy atom. The van der Waals surface area contributed by atoms with Crippen LogP contribution in [0, 0.1) is 0 Å². The summed E-state index contributed by atoms with van der Waals surface area (Å²) in [5, 5.41) is 9.71. The molecule has 0 unspecified atom stereocenters. The van der Waals surface area contributed by atoms with E-state index in [1.165, 1.54) is 18.2 Å². The van der Waals surface area contributed by atoms with Crippen LogP contribution in [0.3, 0.4) is 0 Å². The van der Waals surface area contributed by atoms with Gasteiger partial charge in [0.25, 0.3) is 0 Å². The van der Waals surface area contributed by atoms with Crippen LogP contribution in [0.4, 0.5) is 13.2 Å². The van der Waals surface area contributed by atoms with E-state index >= 15 is 0 Å². The number of carbonyl (C=O) groups excluding carboxylic acids is 1. The maximum Gasteiger partial charge on any atom is 0.416 e. The van der Waals surface area contributed by atoms with Gasteiger partial charge in [-0.15, -0.1) is 0 Å². The van der Waals surface area contributed by atoms with E-state index in [-0.39, 0.29) is 5.39 Å². The second-order valence-corrected chi connectivity index (χ2v) is 6.42. The Labute approximate surface area is 149 Å². The molecule has 0 saturated heterocycles. The van der Waals surface area contributed by atoms with Gasteiger partial charge in [0.05, 0.1) is 12.7 Å². The van der Waals surface area contributed by atoms with E-state index in [1.54, 1.807) is 12.1 Å². The standard InChI is InChI=1S/C18H11F3O4S/c1-25-16(23)14-15(22)12-7-4-10(8-13(12)26-17(14)24)9-2-5-11(6-3-9)18(19,20)21/h2-8,24H,1H3. The monoisotopic (exact) mass is 380 g/mol. The van der Waals surface area contributed by atoms with Crippen molar-refractivity contribution in [2.45, 2.75) is 6.18 Å². The maximum atomic E-state index is 12.7. The van der Waals surface area contributed by atoms with Crippen molar-refractivity contribution in [1.82, 2.24) is 0 Å². The highest BCUT2D eigenvalue weighted by molar-refractivity contribution is 7.20. The largest absolute Gasteiger partial charge is 0.499 e. The molecule has 0 atom stereocenters. The molecule has 0 amide bonds. The molecule has 8 heteroatoms. The lowest BCUT2D eigenvalue weighted by molar-refractivity contribution is -0.137. The normalized spacial score (nSPS) is 11.5. The van der Waals surface area contributed by atoms with Crippen molar-refractivity contribution in [3.05, 3.63) is 63.8 Å². The third-order valence-electron chi connectivity index (χ3n) is 3.81. The van der Waals surface area contributed by atoms with Crippen LogP contribution in [0.15, 0.2) is 47.3 Å². The van der Waals surface area contributed by atoms with Crippen molar-refractivity contribution < 1.29 is 27.8 Å². The minimum absolute atomic E-state index is 0.212. The van der Waals surface area contributed by atoms with Crippen LogP contribution < -0.4 is 5.43 Å². The van der Waals surface area contributed by atoms with Gasteiger partial charge >= 0.3 is 12.1 Å². The second-order valence-electron chi connectivity index (χ2n) is 5.39. The van der Waals surface area contributed by atoms with Crippen molar-refractivity contribution >= 4 is 27.4 Å². The SMILES string of the molecule is COC(=O)c1c(O)sc2cc(-c3ccc(C(F)(F)F)cc3)ccc2c1=O. The number of ether oxygens (including phenoxy) is 1. The summed E-state index contributed by atoms with van der Waals surface area (Å²) in [6.07, 6.45) is -4.42. The molecule has 1 N–H and O–H groups in total. The fourth-order valence-electron chi connectivity index (χ4n) is 2.49. The fraction of sp³-hybridized carbons (Fsp3) is 0.111. The molecule has 0 radical (unpaired) electrons. The summed E-state index contributed by atoms with van der Waals surface area (Å²) >= 11 is 0.817. The molecule has 0 aliphatic carbocycles. The van der Waals surface area contributed by atoms with Gasteiger partial charge in [-0.05, 0) is 35.4 Å². The molecule has 1 heterocycles. The van der Waals surface area contributed by atoms with Gasteiger partial charge in [-0.2, -0.15) is 13.2 Å². The van der Waals surface area contributed by atoms with E-state index in [0.29, 0.717) is 15.8 Å². The zero-order valence-corrected chi connectivity index (χ0v) is 14.1. The summed E-state index contributed by atoms with van der Waals surface area (Å²) in [6.45, 7) is 0. The highest BCUT2D eigenvalue weighted by atomic mass is 32.1. The van der Waals surface area contributed by atoms with Crippen LogP contribution >= 0.6 is 11.3 Å². The number of aromatic hydroxyl groups is 1. The average Bonchev–Trinajstić information content (AvgIpc) is 2.60. The van der Waals surface area contributed by atoms with Gasteiger partial charge in [0, 0.05) is 10.1 Å². The number of hydrogen-bond acceptors (Lipinski definition) is 5. The predicted molar refractivity (Wildman–Crippen MR) is 91.5 cm³/mol. The van der Waals surface area contributed by atoms with Crippen molar-refractivity contribution in [3.8, 4) is 16.2 Å². The summed E-state index contributed by atoms with van der Waals surface area (Å²) in [7, 11) is 1.10. The first-order valence-electron chi connectivity index (χ1n) is 7.28. The van der Waals surface area contributed by atoms with Gasteiger partial charge < -0.3 is 9.84 Å². The number of esters is 1. The molecule has 0 spiro atoms. The second kappa shape index (κ2) is 6.45. The lowest BCUT2D eigenvalue weighted by Gasteiger charge is -2.09. The number of alkyl halides is 3. The molecule has 3 rings (SSSR count). The van der Waals surface area contributed by atoms with Crippen molar-refractivity contribution in [1.29, 1.82) is 0 Å². The summed E-state index contributed by atoms with van der Waals surface area (Å²) in [5.41, 5.74) is -0.760. The quantitative estimate of drug-likeness (QED) is 0.668. The summed E-state index contributed by atoms with van der Waals surface area (Å²) in [6, 6.07) is 9.21. The van der Waals surface area contributed by atoms with Crippen LogP contribution in [0.2, 0.25) is 0 Å². The van der Waals surface area contributed by atoms with E-state index in [0.717, 1.165) is 30.6 Å². The Morgan fingerprint density at radius 2 is 1.69 bits per heavy atom. The van der Waals surface area contributed by atoms with Gasteiger partial charge in [0.15, 0.2) is 10.6 Å². The Kier molecular flexibility index (Phi) is 4.45. The Hall–Kier alpha value is -2.87. The minimum atomic E-state index is -4.42. The third-order valence-corrected chi connectivity index (χ3v) is 4.76. The van der Waals surface area contributed by atoms with E-state index in [9.17, 15) is 27.9 Å². The summed E-state index contributed by atoms with van der Waals surface area (Å²) in [5.74, 6) is -0.933. The molecule has 3 aromatic rings. The molecule has 134 valence electrons. The number of benzene rings is 2. The van der Waals surface area contributed by atoms with Gasteiger partial charge in [-0.25, -0.2) is 4.79 Å². The lowest BCUT2D eigenvalue weighted by atomic mass is 10.0. The molecule has 2 aromatic carbocycles. The average molecular weight is 380 g/mol. The smallest absolute Gasteiger partial charge is 0.416 e. The highest BCUT2D eigenvalue weighted by Crippen LogP contribution is 2.33. The highest BCUT2D eigenvalue weighted by Gasteiger charge is 2.30. The Morgan fingerprint density at radius 3 is 2.27 bits per heavy atom. The number of fused-ring (bicyclic) bond motifs is 1. The Bertz CT molecular complexity index is 1050. The van der Waals surface area contributed by atoms with Crippen LogP contribution in [0.5, 0.6) is 5.06 Å². The third kappa shape index (κ3) is 3.15. The first kappa shape index (κ1) is 17.9. The van der Waals surface area contributed by atoms with E-state index in [1.807, 2.05) is 0 Å². The predicted octanol–water partition coefficient (Wildman–Crippen LogP) is 4.44. The maximum absolute atomic E-state index is 12.7. The number of halogens is 3. The molecule has 0 saturated carbocycles. The molecule has 1 aromatic heterocycles. The van der Waals surface area contributed by atoms with E-state index in [2.05, 4.69) is 4.74 Å². The number of carbonyl (C=O) groups is 1. The topological polar surface area (TPSA) is 63.6 Å². The zero-order valence-electron chi connectivity index (χ0n) is 13.3. The van der Waals surface area contributed by atoms with Crippen molar-refractivity contribution in [2.24, 2.45) is 0 Å². The van der Waals surface area contributed by atoms with Crippen LogP contribution in [0.25, 0.3) is 21.2 Å². The van der Waals surface area contributed by atoms with Crippen molar-refractivity contribution in [3.63, 3.8) is 0 Å². The van der Waals surface area contributed by atoms with Gasteiger partial charge in [0.1, 0.15) is 0 Å². The summed E-state index contributed by atoms with van der Waals surface area (Å²) < 4.78 is 42.9. The molecular weight excluding hydrogens is 369 g/mol. The first-order chi connectivity index (χ1) is 12.2. The van der Waals surface area contributed by atoms with E-state index in [4.69, 9.17) is 0 Å². The summed E-state index contributed by atoms with van der Waals surface area (Å²) in [4.78, 5) is 24.0. The molecule has 0 aliphatic heterocycles.